The molecule has 0 aliphatic rings. The lowest BCUT2D eigenvalue weighted by molar-refractivity contribution is 0.102. The smallest absolute Gasteiger partial charge is 0.255 e. The van der Waals surface area contributed by atoms with E-state index in [0.717, 1.165) is 22.4 Å². The number of aromatic nitrogens is 1. The number of rotatable bonds is 4. The second-order valence-electron chi connectivity index (χ2n) is 6.31. The monoisotopic (exact) mass is 384 g/mol. The molecule has 0 atom stereocenters. The van der Waals surface area contributed by atoms with E-state index in [0.29, 0.717) is 16.3 Å². The van der Waals surface area contributed by atoms with Gasteiger partial charge in [-0.25, -0.2) is 0 Å². The Kier molecular flexibility index (Phi) is 5.18. The predicted octanol–water partition coefficient (Wildman–Crippen LogP) is 6.32. The molecule has 0 radical (unpaired) electrons. The normalized spacial score (nSPS) is 10.5. The van der Waals surface area contributed by atoms with Crippen LogP contribution in [0.2, 0.25) is 5.02 Å². The summed E-state index contributed by atoms with van der Waals surface area (Å²) in [6, 6.07) is 28.8. The van der Waals surface area contributed by atoms with E-state index >= 15 is 0 Å². The molecule has 28 heavy (non-hydrogen) atoms. The van der Waals surface area contributed by atoms with Crippen LogP contribution in [-0.4, -0.2) is 10.9 Å². The first kappa shape index (κ1) is 18.0. The van der Waals surface area contributed by atoms with Gasteiger partial charge in [0.15, 0.2) is 0 Å². The van der Waals surface area contributed by atoms with Crippen LogP contribution >= 0.6 is 11.6 Å². The summed E-state index contributed by atoms with van der Waals surface area (Å²) in [5.74, 6) is -0.161. The second-order valence-corrected chi connectivity index (χ2v) is 6.72. The van der Waals surface area contributed by atoms with E-state index in [2.05, 4.69) is 22.4 Å². The minimum absolute atomic E-state index is 0.161. The minimum Gasteiger partial charge on any atom is -0.322 e. The van der Waals surface area contributed by atoms with Gasteiger partial charge in [-0.1, -0.05) is 66.2 Å². The van der Waals surface area contributed by atoms with Gasteiger partial charge in [0.25, 0.3) is 5.91 Å². The van der Waals surface area contributed by atoms with E-state index in [4.69, 9.17) is 11.6 Å². The third kappa shape index (κ3) is 3.95. The summed E-state index contributed by atoms with van der Waals surface area (Å²) in [7, 11) is 0. The van der Waals surface area contributed by atoms with Crippen molar-refractivity contribution in [1.29, 1.82) is 0 Å². The lowest BCUT2D eigenvalue weighted by Gasteiger charge is -2.08. The van der Waals surface area contributed by atoms with Gasteiger partial charge in [0.1, 0.15) is 0 Å². The molecule has 0 aliphatic carbocycles. The van der Waals surface area contributed by atoms with Gasteiger partial charge in [-0.05, 0) is 47.5 Å². The number of carbonyl (C=O) groups is 1. The summed E-state index contributed by atoms with van der Waals surface area (Å²) in [4.78, 5) is 16.8. The van der Waals surface area contributed by atoms with Crippen LogP contribution in [0, 0.1) is 0 Å². The highest BCUT2D eigenvalue weighted by atomic mass is 35.5. The van der Waals surface area contributed by atoms with Crippen LogP contribution in [0.25, 0.3) is 22.4 Å². The minimum atomic E-state index is -0.161. The number of pyridine rings is 1. The lowest BCUT2D eigenvalue weighted by Crippen LogP contribution is -2.11. The van der Waals surface area contributed by atoms with Crippen molar-refractivity contribution in [2.45, 2.75) is 0 Å². The van der Waals surface area contributed by atoms with Crippen LogP contribution in [0.3, 0.4) is 0 Å². The first-order chi connectivity index (χ1) is 13.7. The Balaban J connectivity index is 1.47. The number of hydrogen-bond acceptors (Lipinski definition) is 2. The molecule has 0 bridgehead atoms. The van der Waals surface area contributed by atoms with Crippen molar-refractivity contribution in [2.24, 2.45) is 0 Å². The molecule has 136 valence electrons. The molecule has 0 aliphatic heterocycles. The van der Waals surface area contributed by atoms with E-state index in [1.54, 1.807) is 30.5 Å². The summed E-state index contributed by atoms with van der Waals surface area (Å²) in [6.45, 7) is 0. The molecule has 3 aromatic carbocycles. The van der Waals surface area contributed by atoms with Gasteiger partial charge >= 0.3 is 0 Å². The standard InChI is InChI=1S/C24H17ClN2O/c25-22-7-4-16-26-23(22)19-8-10-20(11-9-19)24(28)27-21-14-12-18(13-15-21)17-5-2-1-3-6-17/h1-16H,(H,27,28). The highest BCUT2D eigenvalue weighted by molar-refractivity contribution is 6.33. The Labute approximate surface area is 168 Å². The number of nitrogens with zero attached hydrogens (tertiary/aromatic N) is 1. The lowest BCUT2D eigenvalue weighted by atomic mass is 10.1. The molecule has 0 saturated heterocycles. The molecular formula is C24H17ClN2O. The van der Waals surface area contributed by atoms with E-state index in [-0.39, 0.29) is 5.91 Å². The van der Waals surface area contributed by atoms with Gasteiger partial charge in [0.05, 0.1) is 10.7 Å². The fourth-order valence-electron chi connectivity index (χ4n) is 2.96. The van der Waals surface area contributed by atoms with Crippen molar-refractivity contribution in [3.63, 3.8) is 0 Å². The van der Waals surface area contributed by atoms with Crippen molar-refractivity contribution < 1.29 is 4.79 Å². The first-order valence-corrected chi connectivity index (χ1v) is 9.26. The molecule has 0 fully saturated rings. The van der Waals surface area contributed by atoms with Crippen molar-refractivity contribution in [1.82, 2.24) is 4.98 Å². The van der Waals surface area contributed by atoms with E-state index in [1.165, 1.54) is 0 Å². The van der Waals surface area contributed by atoms with Gasteiger partial charge in [-0.15, -0.1) is 0 Å². The zero-order chi connectivity index (χ0) is 19.3. The SMILES string of the molecule is O=C(Nc1ccc(-c2ccccc2)cc1)c1ccc(-c2ncccc2Cl)cc1. The fourth-order valence-corrected chi connectivity index (χ4v) is 3.19. The molecule has 1 N–H and O–H groups in total. The number of carbonyl (C=O) groups excluding carboxylic acids is 1. The van der Waals surface area contributed by atoms with Crippen molar-refractivity contribution in [2.75, 3.05) is 5.32 Å². The molecule has 4 aromatic rings. The number of benzene rings is 3. The quantitative estimate of drug-likeness (QED) is 0.447. The maximum atomic E-state index is 12.5. The average Bonchev–Trinajstić information content (AvgIpc) is 2.75. The van der Waals surface area contributed by atoms with Gasteiger partial charge in [-0.3, -0.25) is 9.78 Å². The molecule has 1 amide bonds. The van der Waals surface area contributed by atoms with E-state index in [1.807, 2.05) is 54.6 Å². The number of amides is 1. The summed E-state index contributed by atoms with van der Waals surface area (Å²) < 4.78 is 0. The first-order valence-electron chi connectivity index (χ1n) is 8.88. The summed E-state index contributed by atoms with van der Waals surface area (Å²) in [6.07, 6.45) is 1.70. The summed E-state index contributed by atoms with van der Waals surface area (Å²) >= 11 is 6.18. The van der Waals surface area contributed by atoms with E-state index in [9.17, 15) is 4.79 Å². The zero-order valence-electron chi connectivity index (χ0n) is 15.0. The number of hydrogen-bond donors (Lipinski definition) is 1. The average molecular weight is 385 g/mol. The van der Waals surface area contributed by atoms with Crippen molar-refractivity contribution >= 4 is 23.2 Å². The molecule has 1 heterocycles. The summed E-state index contributed by atoms with van der Waals surface area (Å²) in [5, 5.41) is 3.51. The second kappa shape index (κ2) is 8.07. The van der Waals surface area contributed by atoms with Crippen LogP contribution in [0.4, 0.5) is 5.69 Å². The Morgan fingerprint density at radius 2 is 1.36 bits per heavy atom. The molecule has 0 saturated carbocycles. The third-order valence-corrected chi connectivity index (χ3v) is 4.73. The molecule has 4 heteroatoms. The Morgan fingerprint density at radius 3 is 2.04 bits per heavy atom. The van der Waals surface area contributed by atoms with Gasteiger partial charge in [-0.2, -0.15) is 0 Å². The zero-order valence-corrected chi connectivity index (χ0v) is 15.7. The topological polar surface area (TPSA) is 42.0 Å². The van der Waals surface area contributed by atoms with Crippen LogP contribution in [0.5, 0.6) is 0 Å². The van der Waals surface area contributed by atoms with E-state index < -0.39 is 0 Å². The predicted molar refractivity (Wildman–Crippen MR) is 115 cm³/mol. The molecule has 1 aromatic heterocycles. The van der Waals surface area contributed by atoms with Crippen LogP contribution < -0.4 is 5.32 Å². The third-order valence-electron chi connectivity index (χ3n) is 4.43. The van der Waals surface area contributed by atoms with Crippen LogP contribution in [-0.2, 0) is 0 Å². The highest BCUT2D eigenvalue weighted by Crippen LogP contribution is 2.26. The van der Waals surface area contributed by atoms with Gasteiger partial charge < -0.3 is 5.32 Å². The Bertz CT molecular complexity index is 1090. The Hall–Kier alpha value is -3.43. The summed E-state index contributed by atoms with van der Waals surface area (Å²) in [5.41, 5.74) is 5.14. The van der Waals surface area contributed by atoms with Gasteiger partial charge in [0.2, 0.25) is 0 Å². The maximum absolute atomic E-state index is 12.5. The fraction of sp³-hybridized carbons (Fsp3) is 0. The van der Waals surface area contributed by atoms with Crippen LogP contribution in [0.15, 0.2) is 97.2 Å². The Morgan fingerprint density at radius 1 is 0.714 bits per heavy atom. The van der Waals surface area contributed by atoms with Crippen molar-refractivity contribution in [3.05, 3.63) is 108 Å². The van der Waals surface area contributed by atoms with Gasteiger partial charge in [0, 0.05) is 23.0 Å². The maximum Gasteiger partial charge on any atom is 0.255 e. The molecule has 0 unspecified atom stereocenters. The van der Waals surface area contributed by atoms with Crippen molar-refractivity contribution in [3.8, 4) is 22.4 Å². The molecular weight excluding hydrogens is 368 g/mol. The largest absolute Gasteiger partial charge is 0.322 e. The number of nitrogens with one attached hydrogen (secondary N) is 1. The molecule has 4 rings (SSSR count). The molecule has 0 spiro atoms. The highest BCUT2D eigenvalue weighted by Gasteiger charge is 2.09. The number of halogens is 1. The number of anilines is 1. The van der Waals surface area contributed by atoms with Crippen LogP contribution in [0.1, 0.15) is 10.4 Å². The molecule has 3 nitrogen and oxygen atoms in total.